The number of benzene rings is 7. The van der Waals surface area contributed by atoms with Crippen LogP contribution in [0.25, 0.3) is 15.3 Å². The van der Waals surface area contributed by atoms with Gasteiger partial charge in [-0.2, -0.15) is 0 Å². The van der Waals surface area contributed by atoms with Gasteiger partial charge in [-0.1, -0.05) is 214 Å². The maximum absolute atomic E-state index is 12.7. The number of hydrogen-bond acceptors (Lipinski definition) is 32. The summed E-state index contributed by atoms with van der Waals surface area (Å²) in [6, 6.07) is 48.2. The van der Waals surface area contributed by atoms with Crippen LogP contribution in [0.4, 0.5) is 0 Å². The van der Waals surface area contributed by atoms with Gasteiger partial charge < -0.3 is 52.3 Å². The molecule has 34 heteroatoms. The van der Waals surface area contributed by atoms with Crippen molar-refractivity contribution in [2.24, 2.45) is 0 Å². The molecule has 0 aliphatic carbocycles. The van der Waals surface area contributed by atoms with Crippen LogP contribution in [0, 0.1) is 24.1 Å². The average Bonchev–Trinajstić information content (AvgIpc) is 1.69. The van der Waals surface area contributed by atoms with Crippen LogP contribution in [0.5, 0.6) is 40.2 Å². The van der Waals surface area contributed by atoms with Crippen molar-refractivity contribution in [3.63, 3.8) is 0 Å². The lowest BCUT2D eigenvalue weighted by Gasteiger charge is -2.10. The van der Waals surface area contributed by atoms with E-state index >= 15 is 0 Å². The number of carbonyl (C=O) groups excluding carboxylic acids is 9. The molecule has 119 heavy (non-hydrogen) atoms. The van der Waals surface area contributed by atoms with E-state index in [0.29, 0.717) is 48.2 Å². The summed E-state index contributed by atoms with van der Waals surface area (Å²) >= 11 is 10.2. The molecule has 1 fully saturated rings. The smallest absolute Gasteiger partial charge is 0.347 e. The Labute approximate surface area is 721 Å². The molecule has 2 aliphatic heterocycles. The van der Waals surface area contributed by atoms with Crippen LogP contribution in [0.2, 0.25) is 0 Å². The van der Waals surface area contributed by atoms with Gasteiger partial charge in [0.05, 0.1) is 39.3 Å². The first-order chi connectivity index (χ1) is 57.4. The number of thiocarbonyl (C=S) groups is 1. The number of ether oxygens (including phenoxy) is 9. The molecule has 628 valence electrons. The van der Waals surface area contributed by atoms with Gasteiger partial charge >= 0.3 is 53.7 Å². The van der Waals surface area contributed by atoms with Gasteiger partial charge in [0.15, 0.2) is 0 Å². The van der Waals surface area contributed by atoms with E-state index in [0.717, 1.165) is 103 Å². The van der Waals surface area contributed by atoms with Gasteiger partial charge in [-0.15, -0.1) is 20.2 Å². The van der Waals surface area contributed by atoms with Crippen LogP contribution in [-0.2, 0) is 43.1 Å². The van der Waals surface area contributed by atoms with Crippen LogP contribution in [0.3, 0.4) is 0 Å². The highest BCUT2D eigenvalue weighted by Gasteiger charge is 2.24. The van der Waals surface area contributed by atoms with Gasteiger partial charge in [-0.3, -0.25) is 24.0 Å². The third-order valence-corrected chi connectivity index (χ3v) is 24.9. The molecule has 1 atom stereocenters. The zero-order valence-electron chi connectivity index (χ0n) is 65.1. The normalized spacial score (nSPS) is 12.3. The van der Waals surface area contributed by atoms with E-state index in [1.807, 2.05) is 58.0 Å². The maximum atomic E-state index is 12.7. The first-order valence-corrected chi connectivity index (χ1v) is 45.1. The van der Waals surface area contributed by atoms with E-state index in [4.69, 9.17) is 67.1 Å². The van der Waals surface area contributed by atoms with Crippen LogP contribution in [0.1, 0.15) is 182 Å². The molecule has 1 aromatic heterocycles. The van der Waals surface area contributed by atoms with Crippen molar-refractivity contribution in [2.45, 2.75) is 135 Å². The van der Waals surface area contributed by atoms with Gasteiger partial charge in [0.1, 0.15) is 66.3 Å². The van der Waals surface area contributed by atoms with Crippen LogP contribution in [0.15, 0.2) is 193 Å². The Morgan fingerprint density at radius 2 is 0.866 bits per heavy atom. The number of allylic oxidation sites excluding steroid dienone is 1. The minimum Gasteiger partial charge on any atom is -0.466 e. The molecule has 0 amide bonds. The molecular formula is C85H86N2O24S8. The quantitative estimate of drug-likeness (QED) is 0.00503. The van der Waals surface area contributed by atoms with Gasteiger partial charge in [0.2, 0.25) is 0 Å². The van der Waals surface area contributed by atoms with Crippen molar-refractivity contribution < 1.29 is 106 Å². The van der Waals surface area contributed by atoms with Crippen LogP contribution >= 0.6 is 88.3 Å². The van der Waals surface area contributed by atoms with Gasteiger partial charge in [0, 0.05) is 49.8 Å². The molecule has 0 bridgehead atoms. The summed E-state index contributed by atoms with van der Waals surface area (Å²) in [5.74, 6) is -2.38. The second-order valence-electron chi connectivity index (χ2n) is 25.5. The third kappa shape index (κ3) is 35.9. The highest BCUT2D eigenvalue weighted by molar-refractivity contribution is 8.82. The summed E-state index contributed by atoms with van der Waals surface area (Å²) in [7, 11) is 10.2. The number of unbranched alkanes of at least 4 members (excludes halogenated alkanes) is 5. The highest BCUT2D eigenvalue weighted by Crippen LogP contribution is 2.49. The fourth-order valence-electron chi connectivity index (χ4n) is 10.3. The van der Waals surface area contributed by atoms with Gasteiger partial charge in [0.25, 0.3) is 10.2 Å². The molecule has 8 aromatic rings. The molecule has 0 radical (unpaired) electrons. The summed E-state index contributed by atoms with van der Waals surface area (Å²) in [6.07, 6.45) is 12.2. The monoisotopic (exact) mass is 1770 g/mol. The van der Waals surface area contributed by atoms with Crippen LogP contribution in [-0.4, -0.2) is 106 Å². The number of nitrogens with zero attached hydrogens (tertiary/aromatic N) is 2. The fourth-order valence-corrected chi connectivity index (χ4v) is 17.9. The lowest BCUT2D eigenvalue weighted by molar-refractivity contribution is -0.757. The molecule has 2 aliphatic rings. The van der Waals surface area contributed by atoms with Crippen LogP contribution < -0.4 is 33.2 Å². The molecule has 0 N–H and O–H groups in total. The predicted octanol–water partition coefficient (Wildman–Crippen LogP) is 21.1. The number of esters is 9. The van der Waals surface area contributed by atoms with Gasteiger partial charge in [-0.25, -0.2) is 19.2 Å². The summed E-state index contributed by atoms with van der Waals surface area (Å²) in [5, 5.41) is 19.1. The summed E-state index contributed by atoms with van der Waals surface area (Å²) < 4.78 is 48.5. The van der Waals surface area contributed by atoms with Crippen molar-refractivity contribution in [3.05, 3.63) is 251 Å². The van der Waals surface area contributed by atoms with E-state index < -0.39 is 57.9 Å². The van der Waals surface area contributed by atoms with E-state index in [2.05, 4.69) is 30.1 Å². The van der Waals surface area contributed by atoms with E-state index in [1.54, 1.807) is 148 Å². The molecule has 1 unspecified atom stereocenters. The molecule has 10 rings (SSSR count). The van der Waals surface area contributed by atoms with E-state index in [-0.39, 0.29) is 91.6 Å². The molecule has 3 heterocycles. The molecular weight excluding hydrogens is 1690 g/mol. The average molecular weight is 1780 g/mol. The summed E-state index contributed by atoms with van der Waals surface area (Å²) in [4.78, 5) is 142. The van der Waals surface area contributed by atoms with Crippen molar-refractivity contribution >= 4 is 152 Å². The lowest BCUT2D eigenvalue weighted by Crippen LogP contribution is -2.16. The Bertz CT molecular complexity index is 4850. The number of rotatable bonds is 40. The van der Waals surface area contributed by atoms with Crippen molar-refractivity contribution in [3.8, 4) is 50.7 Å². The Morgan fingerprint density at radius 3 is 1.27 bits per heavy atom. The first-order valence-electron chi connectivity index (χ1n) is 37.6. The largest absolute Gasteiger partial charge is 0.466 e. The maximum Gasteiger partial charge on any atom is 0.347 e. The van der Waals surface area contributed by atoms with Crippen molar-refractivity contribution in [1.29, 1.82) is 0 Å². The molecule has 7 aromatic carbocycles. The Morgan fingerprint density at radius 1 is 0.454 bits per heavy atom. The Balaban J connectivity index is 0.000000220. The molecule has 0 saturated carbocycles. The zero-order valence-corrected chi connectivity index (χ0v) is 71.7. The van der Waals surface area contributed by atoms with E-state index in [9.17, 15) is 63.4 Å². The topological polar surface area (TPSA) is 341 Å². The molecule has 0 spiro atoms. The predicted molar refractivity (Wildman–Crippen MR) is 465 cm³/mol. The Hall–Kier alpha value is -10.6. The van der Waals surface area contributed by atoms with Gasteiger partial charge in [-0.05, 0) is 178 Å². The highest BCUT2D eigenvalue weighted by atomic mass is 33.1. The minimum atomic E-state index is -0.933. The lowest BCUT2D eigenvalue weighted by atomic mass is 10.1. The van der Waals surface area contributed by atoms with Crippen molar-refractivity contribution in [2.75, 3.05) is 32.2 Å². The third-order valence-electron chi connectivity index (χ3n) is 16.3. The molecule has 26 nitrogen and oxygen atoms in total. The Kier molecular flexibility index (Phi) is 42.6. The summed E-state index contributed by atoms with van der Waals surface area (Å²) in [6.45, 7) is 10.2. The standard InChI is InChI=1S/C25H24O6S3.C21H17NO7S2.C20H28O4S2.C19H17NO7S/c1-2-3-6-15-29-22(26)13-14-23(27)31-20-8-5-4-7-19(20)25(28)30-18-11-9-17(10-12-18)21-16-24(32)34-33-21;1-14-13-19(31-30-14)15-8-10-16(11-9-15)28-21(24)17-5-2-3-6-18(17)29-20(23)7-4-12-27-22(25)26;1-2-3-8-14-23-20(22)17-10-5-6-11-18(17)24-19(21)12-7-4-9-16-13-15-25-26-16;1-13(28)14-8-10-15(11-9-14)26-19(22)16-5-2-3-6-17(16)27-18(21)7-4-12-25-20(23)24/h4-5,7-12,16H,2-3,6,13-15H2,1H3;2-3,5-6,8-11,13H,1,4,7,12H2;5-6,10-11,16H,2-4,7-9,12-15H2,1H3;2-3,5-6,8-11H,4,7,12H2,1H3. The van der Waals surface area contributed by atoms with E-state index in [1.165, 1.54) is 58.9 Å². The van der Waals surface area contributed by atoms with Crippen molar-refractivity contribution in [1.82, 2.24) is 0 Å². The first kappa shape index (κ1) is 95.6. The zero-order chi connectivity index (χ0) is 85.7. The fraction of sp³-hybridized carbons (Fsp3) is 0.306. The second-order valence-corrected chi connectivity index (χ2v) is 34.1. The summed E-state index contributed by atoms with van der Waals surface area (Å²) in [5.41, 5.74) is 3.41. The molecule has 1 saturated heterocycles. The number of carbonyl (C=O) groups is 9. The SMILES string of the molecule is C=C1C=C(c2ccc(OC(=O)c3ccccc3OC(=O)CCCO[N+](=O)[O-])cc2)SS1.CC(=S)c1ccc(OC(=O)c2ccccc2OC(=O)CCCO[N+](=O)[O-])cc1.CCCCCOC(=O)CCC(=O)Oc1ccccc1C(=O)Oc1ccc(-c2cc(=S)ss2)cc1.CCCCCOC(=O)c1ccccc1OC(=O)CCCCC1CCSS1. The number of para-hydroxylation sites is 4. The second kappa shape index (κ2) is 53.1. The number of hydrogen-bond donors (Lipinski definition) is 0. The minimum absolute atomic E-state index is 0.0408.